The Kier molecular flexibility index (Phi) is 7.64. The van der Waals surface area contributed by atoms with E-state index in [1.807, 2.05) is 0 Å². The van der Waals surface area contributed by atoms with E-state index in [1.165, 1.54) is 77.1 Å². The first kappa shape index (κ1) is 33.0. The number of aryl methyl sites for hydroxylation is 2. The van der Waals surface area contributed by atoms with E-state index in [1.54, 1.807) is 0 Å². The van der Waals surface area contributed by atoms with Crippen LogP contribution in [0.1, 0.15) is 36.1 Å². The van der Waals surface area contributed by atoms with Crippen molar-refractivity contribution >= 4 is 66.4 Å². The number of hydrogen-bond acceptors (Lipinski definition) is 2. The minimum atomic E-state index is -0.236. The van der Waals surface area contributed by atoms with Gasteiger partial charge in [0.2, 0.25) is 0 Å². The highest BCUT2D eigenvalue weighted by molar-refractivity contribution is 6.20. The highest BCUT2D eigenvalue weighted by atomic mass is 15.1. The molecule has 264 valence electrons. The Labute approximate surface area is 323 Å². The van der Waals surface area contributed by atoms with Crippen LogP contribution in [0.4, 0.5) is 34.1 Å². The lowest BCUT2D eigenvalue weighted by molar-refractivity contribution is 0.672. The minimum absolute atomic E-state index is 0.236. The molecule has 0 N–H and O–H groups in total. The molecule has 0 bridgehead atoms. The van der Waals surface area contributed by atoms with Crippen molar-refractivity contribution in [2.24, 2.45) is 0 Å². The third-order valence-corrected chi connectivity index (χ3v) is 11.8. The Bertz CT molecular complexity index is 2920. The number of para-hydroxylation sites is 4. The van der Waals surface area contributed by atoms with Gasteiger partial charge >= 0.3 is 0 Å². The molecule has 2 heteroatoms. The van der Waals surface area contributed by atoms with Crippen LogP contribution in [0, 0.1) is 13.8 Å². The summed E-state index contributed by atoms with van der Waals surface area (Å²) in [5, 5.41) is 7.75. The normalized spacial score (nSPS) is 12.9. The predicted molar refractivity (Wildman–Crippen MR) is 235 cm³/mol. The van der Waals surface area contributed by atoms with E-state index in [9.17, 15) is 0 Å². The molecule has 0 radical (unpaired) electrons. The second-order valence-electron chi connectivity index (χ2n) is 15.5. The van der Waals surface area contributed by atoms with Crippen molar-refractivity contribution in [1.82, 2.24) is 0 Å². The number of hydrogen-bond donors (Lipinski definition) is 0. The molecular formula is C53H42N2. The smallest absolute Gasteiger partial charge is 0.0490 e. The SMILES string of the molecule is Cc1ccccc1N(c1ccccc1)c1ccc2c3c(ccc2c1)-c1c(c2ccc(N(c4ccccc4)c4ccccc4C)cc2c2ccccc12)C3(C)C. The molecule has 0 atom stereocenters. The molecule has 0 spiro atoms. The zero-order valence-electron chi connectivity index (χ0n) is 31.7. The molecule has 0 aromatic heterocycles. The van der Waals surface area contributed by atoms with Crippen LogP contribution in [-0.4, -0.2) is 0 Å². The highest BCUT2D eigenvalue weighted by Gasteiger charge is 2.40. The first-order valence-electron chi connectivity index (χ1n) is 19.3. The Morgan fingerprint density at radius 3 is 1.47 bits per heavy atom. The summed E-state index contributed by atoms with van der Waals surface area (Å²) in [6.07, 6.45) is 0. The molecule has 0 saturated carbocycles. The molecular weight excluding hydrogens is 665 g/mol. The van der Waals surface area contributed by atoms with Gasteiger partial charge in [0.1, 0.15) is 0 Å². The number of anilines is 6. The first-order valence-corrected chi connectivity index (χ1v) is 19.3. The van der Waals surface area contributed by atoms with Crippen molar-refractivity contribution in [3.63, 3.8) is 0 Å². The van der Waals surface area contributed by atoms with Crippen LogP contribution in [0.3, 0.4) is 0 Å². The summed E-state index contributed by atoms with van der Waals surface area (Å²) in [6.45, 7) is 9.25. The fourth-order valence-electron chi connectivity index (χ4n) is 9.35. The van der Waals surface area contributed by atoms with Crippen molar-refractivity contribution < 1.29 is 0 Å². The maximum Gasteiger partial charge on any atom is 0.0490 e. The van der Waals surface area contributed by atoms with Crippen molar-refractivity contribution in [3.05, 3.63) is 204 Å². The average molecular weight is 707 g/mol. The molecule has 9 aromatic carbocycles. The maximum absolute atomic E-state index is 2.43. The lowest BCUT2D eigenvalue weighted by atomic mass is 9.77. The van der Waals surface area contributed by atoms with Crippen LogP contribution in [0.25, 0.3) is 43.4 Å². The molecule has 0 fully saturated rings. The van der Waals surface area contributed by atoms with Crippen LogP contribution in [0.5, 0.6) is 0 Å². The van der Waals surface area contributed by atoms with Gasteiger partial charge in [-0.15, -0.1) is 0 Å². The van der Waals surface area contributed by atoms with E-state index >= 15 is 0 Å². The number of fused-ring (bicyclic) bond motifs is 10. The van der Waals surface area contributed by atoms with Crippen molar-refractivity contribution in [1.29, 1.82) is 0 Å². The molecule has 55 heavy (non-hydrogen) atoms. The zero-order valence-corrected chi connectivity index (χ0v) is 31.7. The number of rotatable bonds is 6. The van der Waals surface area contributed by atoms with E-state index in [-0.39, 0.29) is 5.41 Å². The highest BCUT2D eigenvalue weighted by Crippen LogP contribution is 2.57. The van der Waals surface area contributed by atoms with Crippen LogP contribution in [0.15, 0.2) is 182 Å². The number of nitrogens with zero attached hydrogens (tertiary/aromatic N) is 2. The molecule has 10 rings (SSSR count). The Morgan fingerprint density at radius 2 is 0.873 bits per heavy atom. The van der Waals surface area contributed by atoms with Gasteiger partial charge in [0, 0.05) is 39.5 Å². The number of benzene rings is 9. The molecule has 0 unspecified atom stereocenters. The molecule has 1 aliphatic carbocycles. The summed E-state index contributed by atoms with van der Waals surface area (Å²) in [7, 11) is 0. The summed E-state index contributed by atoms with van der Waals surface area (Å²) >= 11 is 0. The fourth-order valence-corrected chi connectivity index (χ4v) is 9.35. The summed E-state index contributed by atoms with van der Waals surface area (Å²) in [6, 6.07) is 66.7. The van der Waals surface area contributed by atoms with Gasteiger partial charge in [0.05, 0.1) is 0 Å². The van der Waals surface area contributed by atoms with Gasteiger partial charge in [-0.25, -0.2) is 0 Å². The first-order chi connectivity index (χ1) is 26.9. The third-order valence-electron chi connectivity index (χ3n) is 11.8. The summed E-state index contributed by atoms with van der Waals surface area (Å²) < 4.78 is 0. The Balaban J connectivity index is 1.18. The van der Waals surface area contributed by atoms with Crippen molar-refractivity contribution in [2.45, 2.75) is 33.1 Å². The van der Waals surface area contributed by atoms with Crippen LogP contribution >= 0.6 is 0 Å². The van der Waals surface area contributed by atoms with E-state index in [0.717, 1.165) is 22.7 Å². The lowest BCUT2D eigenvalue weighted by Gasteiger charge is -2.29. The van der Waals surface area contributed by atoms with Crippen LogP contribution in [-0.2, 0) is 5.41 Å². The fraction of sp³-hybridized carbons (Fsp3) is 0.0943. The van der Waals surface area contributed by atoms with E-state index in [4.69, 9.17) is 0 Å². The van der Waals surface area contributed by atoms with Crippen molar-refractivity contribution in [3.8, 4) is 11.1 Å². The van der Waals surface area contributed by atoms with Gasteiger partial charge in [-0.3, -0.25) is 0 Å². The largest absolute Gasteiger partial charge is 0.310 e. The van der Waals surface area contributed by atoms with Gasteiger partial charge < -0.3 is 9.80 Å². The predicted octanol–water partition coefficient (Wildman–Crippen LogP) is 15.0. The maximum atomic E-state index is 2.43. The van der Waals surface area contributed by atoms with E-state index in [0.29, 0.717) is 0 Å². The lowest BCUT2D eigenvalue weighted by Crippen LogP contribution is -2.17. The van der Waals surface area contributed by atoms with Crippen LogP contribution < -0.4 is 9.80 Å². The van der Waals surface area contributed by atoms with Gasteiger partial charge in [0.25, 0.3) is 0 Å². The summed E-state index contributed by atoms with van der Waals surface area (Å²) in [4.78, 5) is 4.79. The van der Waals surface area contributed by atoms with Crippen molar-refractivity contribution in [2.75, 3.05) is 9.80 Å². The molecule has 0 amide bonds. The van der Waals surface area contributed by atoms with Gasteiger partial charge in [-0.05, 0) is 140 Å². The van der Waals surface area contributed by atoms with E-state index < -0.39 is 0 Å². The quantitative estimate of drug-likeness (QED) is 0.159. The Morgan fingerprint density at radius 1 is 0.364 bits per heavy atom. The van der Waals surface area contributed by atoms with Crippen LogP contribution in [0.2, 0.25) is 0 Å². The zero-order chi connectivity index (χ0) is 37.3. The standard InChI is InChI=1S/C53H42N2/c1-35-17-11-15-25-48(35)54(38-19-7-5-8-20-38)40-28-31-42-37(33-40)27-30-46-50-44-24-14-13-23-43(44)47-34-41(29-32-45(47)52(50)53(3,4)51(42)46)55(39-21-9-6-10-22-39)49-26-16-12-18-36(49)2/h5-34H,1-4H3. The third kappa shape index (κ3) is 5.16. The van der Waals surface area contributed by atoms with Gasteiger partial charge in [-0.2, -0.15) is 0 Å². The summed E-state index contributed by atoms with van der Waals surface area (Å²) in [5.41, 5.74) is 14.7. The molecule has 1 aliphatic rings. The monoisotopic (exact) mass is 706 g/mol. The molecule has 9 aromatic rings. The Hall–Kier alpha value is -6.64. The average Bonchev–Trinajstić information content (AvgIpc) is 3.47. The second kappa shape index (κ2) is 12.7. The molecule has 2 nitrogen and oxygen atoms in total. The van der Waals surface area contributed by atoms with Gasteiger partial charge in [-0.1, -0.05) is 135 Å². The molecule has 0 heterocycles. The van der Waals surface area contributed by atoms with E-state index in [2.05, 4.69) is 219 Å². The van der Waals surface area contributed by atoms with Gasteiger partial charge in [0.15, 0.2) is 0 Å². The summed E-state index contributed by atoms with van der Waals surface area (Å²) in [5.74, 6) is 0. The molecule has 0 saturated heterocycles. The minimum Gasteiger partial charge on any atom is -0.310 e. The molecule has 0 aliphatic heterocycles. The second-order valence-corrected chi connectivity index (χ2v) is 15.5. The topological polar surface area (TPSA) is 6.48 Å².